The number of esters is 3. The van der Waals surface area contributed by atoms with E-state index < -0.39 is 6.10 Å². The van der Waals surface area contributed by atoms with Crippen LogP contribution in [-0.4, -0.2) is 37.2 Å². The zero-order valence-electron chi connectivity index (χ0n) is 48.3. The van der Waals surface area contributed by atoms with Gasteiger partial charge in [-0.3, -0.25) is 14.4 Å². The first-order valence-corrected chi connectivity index (χ1v) is 32.2. The minimum atomic E-state index is -0.770. The smallest absolute Gasteiger partial charge is 0.306 e. The van der Waals surface area contributed by atoms with Crippen LogP contribution in [-0.2, 0) is 28.6 Å². The molecule has 0 aromatic carbocycles. The first-order chi connectivity index (χ1) is 35.0. The molecule has 0 aliphatic rings. The Hall–Kier alpha value is -1.85. The molecule has 0 heterocycles. The van der Waals surface area contributed by atoms with Gasteiger partial charge in [-0.1, -0.05) is 315 Å². The highest BCUT2D eigenvalue weighted by Gasteiger charge is 2.19. The Kier molecular flexibility index (Phi) is 59.1. The fraction of sp³-hybridized carbons (Fsp3) is 0.923. The molecule has 0 saturated carbocycles. The van der Waals surface area contributed by atoms with Gasteiger partial charge in [0.05, 0.1) is 0 Å². The second-order valence-electron chi connectivity index (χ2n) is 22.0. The Morgan fingerprint density at radius 1 is 0.268 bits per heavy atom. The molecule has 0 amide bonds. The van der Waals surface area contributed by atoms with Crippen molar-refractivity contribution in [1.29, 1.82) is 0 Å². The van der Waals surface area contributed by atoms with Crippen molar-refractivity contribution in [3.05, 3.63) is 12.2 Å². The number of unbranched alkanes of at least 4 members (excludes halogenated alkanes) is 47. The van der Waals surface area contributed by atoms with Gasteiger partial charge in [0.2, 0.25) is 0 Å². The van der Waals surface area contributed by atoms with Crippen molar-refractivity contribution in [2.24, 2.45) is 0 Å². The molecule has 0 aliphatic carbocycles. The summed E-state index contributed by atoms with van der Waals surface area (Å²) in [5, 5.41) is 0. The number of rotatable bonds is 60. The van der Waals surface area contributed by atoms with E-state index in [2.05, 4.69) is 32.9 Å². The lowest BCUT2D eigenvalue weighted by molar-refractivity contribution is -0.167. The Morgan fingerprint density at radius 3 is 0.704 bits per heavy atom. The van der Waals surface area contributed by atoms with Crippen LogP contribution < -0.4 is 0 Å². The van der Waals surface area contributed by atoms with Crippen molar-refractivity contribution in [2.75, 3.05) is 13.2 Å². The fourth-order valence-corrected chi connectivity index (χ4v) is 9.91. The second kappa shape index (κ2) is 60.7. The van der Waals surface area contributed by atoms with E-state index in [4.69, 9.17) is 14.2 Å². The molecule has 0 radical (unpaired) electrons. The molecule has 71 heavy (non-hydrogen) atoms. The van der Waals surface area contributed by atoms with Crippen LogP contribution in [0.4, 0.5) is 0 Å². The normalized spacial score (nSPS) is 11.6. The first-order valence-electron chi connectivity index (χ1n) is 32.2. The van der Waals surface area contributed by atoms with Crippen LogP contribution in [0.3, 0.4) is 0 Å². The molecule has 0 fully saturated rings. The molecule has 0 saturated heterocycles. The Bertz CT molecular complexity index is 1050. The van der Waals surface area contributed by atoms with Crippen molar-refractivity contribution in [2.45, 2.75) is 374 Å². The minimum absolute atomic E-state index is 0.0669. The summed E-state index contributed by atoms with van der Waals surface area (Å²) in [6.07, 6.45) is 70.7. The van der Waals surface area contributed by atoms with Crippen LogP contribution in [0.15, 0.2) is 12.2 Å². The predicted octanol–water partition coefficient (Wildman–Crippen LogP) is 21.7. The lowest BCUT2D eigenvalue weighted by atomic mass is 10.0. The molecule has 0 bridgehead atoms. The number of ether oxygens (including phenoxy) is 3. The van der Waals surface area contributed by atoms with Gasteiger partial charge in [0, 0.05) is 19.3 Å². The van der Waals surface area contributed by atoms with Crippen LogP contribution in [0.2, 0.25) is 0 Å². The molecule has 0 aromatic heterocycles. The minimum Gasteiger partial charge on any atom is -0.462 e. The molecule has 6 nitrogen and oxygen atoms in total. The van der Waals surface area contributed by atoms with E-state index in [-0.39, 0.29) is 31.1 Å². The molecule has 6 heteroatoms. The predicted molar refractivity (Wildman–Crippen MR) is 307 cm³/mol. The maximum atomic E-state index is 12.9. The topological polar surface area (TPSA) is 78.9 Å². The molecule has 0 rings (SSSR count). The van der Waals surface area contributed by atoms with Gasteiger partial charge in [-0.2, -0.15) is 0 Å². The van der Waals surface area contributed by atoms with Crippen molar-refractivity contribution in [1.82, 2.24) is 0 Å². The third-order valence-electron chi connectivity index (χ3n) is 14.8. The lowest BCUT2D eigenvalue weighted by Gasteiger charge is -2.18. The van der Waals surface area contributed by atoms with E-state index in [1.165, 1.54) is 263 Å². The van der Waals surface area contributed by atoms with E-state index >= 15 is 0 Å². The number of allylic oxidation sites excluding steroid dienone is 2. The number of hydrogen-bond donors (Lipinski definition) is 0. The van der Waals surface area contributed by atoms with E-state index in [0.717, 1.165) is 64.2 Å². The number of carbonyl (C=O) groups excluding carboxylic acids is 3. The van der Waals surface area contributed by atoms with Gasteiger partial charge in [0.1, 0.15) is 13.2 Å². The summed E-state index contributed by atoms with van der Waals surface area (Å²) >= 11 is 0. The molecule has 0 atom stereocenters. The van der Waals surface area contributed by atoms with Crippen LogP contribution in [0.25, 0.3) is 0 Å². The van der Waals surface area contributed by atoms with Crippen LogP contribution in [0, 0.1) is 0 Å². The highest BCUT2D eigenvalue weighted by molar-refractivity contribution is 5.71. The molecular formula is C65H124O6. The lowest BCUT2D eigenvalue weighted by Crippen LogP contribution is -2.30. The maximum absolute atomic E-state index is 12.9. The SMILES string of the molecule is CCCCCCCC/C=C\CCCCCCCC(=O)OC(COC(=O)CCCCCCCCCCCCCCCCCCCCC)COC(=O)CCCCCCCCCCCCCCCCCCCCC. The van der Waals surface area contributed by atoms with Crippen molar-refractivity contribution in [3.8, 4) is 0 Å². The van der Waals surface area contributed by atoms with Gasteiger partial charge in [-0.15, -0.1) is 0 Å². The summed E-state index contributed by atoms with van der Waals surface area (Å²) < 4.78 is 16.9. The quantitative estimate of drug-likeness (QED) is 0.0261. The van der Waals surface area contributed by atoms with Gasteiger partial charge in [0.15, 0.2) is 6.10 Å². The highest BCUT2D eigenvalue weighted by Crippen LogP contribution is 2.18. The van der Waals surface area contributed by atoms with Gasteiger partial charge >= 0.3 is 17.9 Å². The van der Waals surface area contributed by atoms with Gasteiger partial charge in [-0.25, -0.2) is 0 Å². The third-order valence-corrected chi connectivity index (χ3v) is 14.8. The van der Waals surface area contributed by atoms with Gasteiger partial charge in [0.25, 0.3) is 0 Å². The van der Waals surface area contributed by atoms with E-state index in [1.807, 2.05) is 0 Å². The molecule has 0 aliphatic heterocycles. The summed E-state index contributed by atoms with van der Waals surface area (Å²) in [6, 6.07) is 0. The fourth-order valence-electron chi connectivity index (χ4n) is 9.91. The average molecular weight is 1000 g/mol. The standard InChI is InChI=1S/C65H124O6/c1-4-7-10-13-16-19-22-25-28-30-32-34-37-39-42-45-48-51-54-57-63(66)69-60-62(71-65(68)59-56-53-50-47-44-41-36-27-24-21-18-15-12-9-6-3)61-70-64(67)58-55-52-49-46-43-40-38-35-33-31-29-26-23-20-17-14-11-8-5-2/h27,36,62H,4-26,28-35,37-61H2,1-3H3/b36-27-. The molecule has 420 valence electrons. The van der Waals surface area contributed by atoms with E-state index in [1.54, 1.807) is 0 Å². The van der Waals surface area contributed by atoms with Crippen molar-refractivity contribution >= 4 is 17.9 Å². The number of hydrogen-bond acceptors (Lipinski definition) is 6. The third kappa shape index (κ3) is 58.9. The monoisotopic (exact) mass is 1000 g/mol. The Balaban J connectivity index is 4.28. The van der Waals surface area contributed by atoms with E-state index in [0.29, 0.717) is 19.3 Å². The first kappa shape index (κ1) is 69.2. The van der Waals surface area contributed by atoms with E-state index in [9.17, 15) is 14.4 Å². The maximum Gasteiger partial charge on any atom is 0.306 e. The van der Waals surface area contributed by atoms with Crippen LogP contribution in [0.5, 0.6) is 0 Å². The van der Waals surface area contributed by atoms with Crippen molar-refractivity contribution < 1.29 is 28.6 Å². The van der Waals surface area contributed by atoms with Crippen LogP contribution in [0.1, 0.15) is 367 Å². The van der Waals surface area contributed by atoms with Gasteiger partial charge in [-0.05, 0) is 44.9 Å². The average Bonchev–Trinajstić information content (AvgIpc) is 3.37. The van der Waals surface area contributed by atoms with Gasteiger partial charge < -0.3 is 14.2 Å². The summed E-state index contributed by atoms with van der Waals surface area (Å²) in [5.74, 6) is -0.844. The highest BCUT2D eigenvalue weighted by atomic mass is 16.6. The van der Waals surface area contributed by atoms with Crippen molar-refractivity contribution in [3.63, 3.8) is 0 Å². The second-order valence-corrected chi connectivity index (χ2v) is 22.0. The molecule has 0 N–H and O–H groups in total. The molecule has 0 aromatic rings. The summed E-state index contributed by atoms with van der Waals surface area (Å²) in [4.78, 5) is 38.3. The molecule has 0 spiro atoms. The summed E-state index contributed by atoms with van der Waals surface area (Å²) in [6.45, 7) is 6.71. The number of carbonyl (C=O) groups is 3. The summed E-state index contributed by atoms with van der Waals surface area (Å²) in [5.41, 5.74) is 0. The largest absolute Gasteiger partial charge is 0.462 e. The molecule has 0 unspecified atom stereocenters. The summed E-state index contributed by atoms with van der Waals surface area (Å²) in [7, 11) is 0. The molecular weight excluding hydrogens is 877 g/mol. The Morgan fingerprint density at radius 2 is 0.465 bits per heavy atom. The Labute approximate surface area is 443 Å². The zero-order chi connectivity index (χ0) is 51.4. The van der Waals surface area contributed by atoms with Crippen LogP contribution >= 0.6 is 0 Å². The zero-order valence-corrected chi connectivity index (χ0v) is 48.3.